The van der Waals surface area contributed by atoms with Crippen molar-refractivity contribution in [3.63, 3.8) is 0 Å². The normalized spacial score (nSPS) is 16.9. The molecule has 1 aromatic carbocycles. The van der Waals surface area contributed by atoms with Gasteiger partial charge in [-0.3, -0.25) is 24.2 Å². The lowest BCUT2D eigenvalue weighted by atomic mass is 10.1. The third-order valence-corrected chi connectivity index (χ3v) is 8.51. The molecule has 1 saturated heterocycles. The summed E-state index contributed by atoms with van der Waals surface area (Å²) < 4.78 is 11.0. The minimum Gasteiger partial charge on any atom is -0.494 e. The average Bonchev–Trinajstić information content (AvgIpc) is 3.63. The zero-order valence-electron chi connectivity index (χ0n) is 23.6. The number of hydrogen-bond acceptors (Lipinski definition) is 9. The molecule has 0 radical (unpaired) electrons. The third-order valence-electron chi connectivity index (χ3n) is 7.21. The predicted octanol–water partition coefficient (Wildman–Crippen LogP) is 2.02. The van der Waals surface area contributed by atoms with Crippen molar-refractivity contribution in [3.8, 4) is 5.75 Å². The first-order chi connectivity index (χ1) is 20.3. The van der Waals surface area contributed by atoms with Gasteiger partial charge in [-0.2, -0.15) is 0 Å². The van der Waals surface area contributed by atoms with Crippen LogP contribution in [0.15, 0.2) is 53.8 Å². The predicted molar refractivity (Wildman–Crippen MR) is 157 cm³/mol. The number of ketones is 1. The van der Waals surface area contributed by atoms with Crippen molar-refractivity contribution in [2.24, 2.45) is 0 Å². The molecule has 12 nitrogen and oxygen atoms in total. The number of amides is 3. The minimum absolute atomic E-state index is 0.0394. The second kappa shape index (κ2) is 12.7. The lowest BCUT2D eigenvalue weighted by Gasteiger charge is -2.34. The van der Waals surface area contributed by atoms with Crippen LogP contribution in [-0.2, 0) is 14.3 Å². The number of nitrogens with zero attached hydrogens (tertiary/aromatic N) is 4. The van der Waals surface area contributed by atoms with Crippen molar-refractivity contribution >= 4 is 46.2 Å². The van der Waals surface area contributed by atoms with E-state index >= 15 is 0 Å². The molecular weight excluding hydrogens is 560 g/mol. The van der Waals surface area contributed by atoms with Crippen LogP contribution < -0.4 is 10.1 Å². The Morgan fingerprint density at radius 2 is 1.81 bits per heavy atom. The molecule has 1 atom stereocenters. The minimum atomic E-state index is -0.659. The zero-order chi connectivity index (χ0) is 29.8. The molecule has 2 N–H and O–H groups in total. The lowest BCUT2D eigenvalue weighted by Crippen LogP contribution is -2.52. The lowest BCUT2D eigenvalue weighted by molar-refractivity contribution is -0.128. The van der Waals surface area contributed by atoms with Gasteiger partial charge in [0.2, 0.25) is 5.91 Å². The number of rotatable bonds is 9. The Hall–Kier alpha value is -4.36. The van der Waals surface area contributed by atoms with Crippen molar-refractivity contribution in [2.75, 3.05) is 60.6 Å². The van der Waals surface area contributed by atoms with Crippen LogP contribution in [0.4, 0.5) is 0 Å². The van der Waals surface area contributed by atoms with Crippen molar-refractivity contribution in [1.29, 1.82) is 0 Å². The average molecular weight is 593 g/mol. The highest BCUT2D eigenvalue weighted by molar-refractivity contribution is 8.03. The van der Waals surface area contributed by atoms with Crippen LogP contribution >= 0.6 is 11.8 Å². The smallest absolute Gasteiger partial charge is 0.295 e. The molecular formula is C29H32N6O6S. The van der Waals surface area contributed by atoms with Gasteiger partial charge in [-0.05, 0) is 12.1 Å². The molecule has 1 fully saturated rings. The number of nitrogens with one attached hydrogen (secondary N) is 2. The van der Waals surface area contributed by atoms with Gasteiger partial charge >= 0.3 is 0 Å². The van der Waals surface area contributed by atoms with E-state index in [1.165, 1.54) is 30.0 Å². The highest BCUT2D eigenvalue weighted by atomic mass is 32.2. The molecule has 0 aliphatic carbocycles. The van der Waals surface area contributed by atoms with E-state index in [1.807, 2.05) is 36.3 Å². The number of carbonyl (C=O) groups excluding carboxylic acids is 4. The number of aromatic amines is 1. The third kappa shape index (κ3) is 5.83. The van der Waals surface area contributed by atoms with Crippen molar-refractivity contribution < 1.29 is 28.7 Å². The molecule has 0 spiro atoms. The summed E-state index contributed by atoms with van der Waals surface area (Å²) >= 11 is 1.52. The van der Waals surface area contributed by atoms with Gasteiger partial charge in [0.1, 0.15) is 17.7 Å². The number of fused-ring (bicyclic) bond motifs is 1. The Balaban J connectivity index is 1.30. The molecule has 5 rings (SSSR count). The number of carbonyl (C=O) groups is 4. The van der Waals surface area contributed by atoms with E-state index in [0.29, 0.717) is 41.0 Å². The van der Waals surface area contributed by atoms with Crippen molar-refractivity contribution in [3.05, 3.63) is 70.7 Å². The Kier molecular flexibility index (Phi) is 8.78. The molecule has 13 heteroatoms. The summed E-state index contributed by atoms with van der Waals surface area (Å²) in [5, 5.41) is 2.77. The molecule has 3 aromatic rings. The van der Waals surface area contributed by atoms with Crippen molar-refractivity contribution in [1.82, 2.24) is 30.0 Å². The number of pyridine rings is 1. The van der Waals surface area contributed by atoms with E-state index < -0.39 is 11.7 Å². The number of thioether (sulfide) groups is 1. The van der Waals surface area contributed by atoms with Gasteiger partial charge in [0.05, 0.1) is 42.1 Å². The number of H-pyrrole nitrogens is 1. The maximum atomic E-state index is 13.5. The van der Waals surface area contributed by atoms with Gasteiger partial charge in [0.25, 0.3) is 17.6 Å². The van der Waals surface area contributed by atoms with Gasteiger partial charge in [0.15, 0.2) is 0 Å². The molecule has 0 bridgehead atoms. The number of methoxy groups -OCH3 is 1. The van der Waals surface area contributed by atoms with Crippen LogP contribution in [0.3, 0.4) is 0 Å². The quantitative estimate of drug-likeness (QED) is 0.282. The van der Waals surface area contributed by atoms with Crippen LogP contribution in [0.1, 0.15) is 31.8 Å². The van der Waals surface area contributed by atoms with E-state index in [-0.39, 0.29) is 49.1 Å². The highest BCUT2D eigenvalue weighted by Crippen LogP contribution is 2.45. The highest BCUT2D eigenvalue weighted by Gasteiger charge is 2.33. The summed E-state index contributed by atoms with van der Waals surface area (Å²) in [6.45, 7) is 1.43. The van der Waals surface area contributed by atoms with Crippen LogP contribution in [0.25, 0.3) is 10.9 Å². The topological polar surface area (TPSA) is 137 Å². The maximum absolute atomic E-state index is 13.5. The molecule has 3 amide bonds. The molecule has 2 aromatic heterocycles. The number of likely N-dealkylation sites (N-methyl/N-ethyl adjacent to an activating group) is 1. The molecule has 220 valence electrons. The largest absolute Gasteiger partial charge is 0.494 e. The maximum Gasteiger partial charge on any atom is 0.295 e. The van der Waals surface area contributed by atoms with E-state index in [4.69, 9.17) is 9.47 Å². The van der Waals surface area contributed by atoms with E-state index in [1.54, 1.807) is 30.3 Å². The summed E-state index contributed by atoms with van der Waals surface area (Å²) in [5.74, 6) is -1.22. The number of aromatic nitrogens is 2. The van der Waals surface area contributed by atoms with Gasteiger partial charge in [-0.1, -0.05) is 30.0 Å². The molecule has 2 aliphatic rings. The number of piperazine rings is 1. The van der Waals surface area contributed by atoms with Crippen LogP contribution in [0.5, 0.6) is 5.75 Å². The van der Waals surface area contributed by atoms with E-state index in [9.17, 15) is 19.2 Å². The molecule has 42 heavy (non-hydrogen) atoms. The number of hydrogen-bond donors (Lipinski definition) is 2. The standard InChI is InChI=1S/C29H32N6O6S/c1-30-22(36)17-41-16-19-15-33(2)29(42-19)25-24-23(21(40-3)14-32-25)20(13-31-24)26(37)28(39)35-11-9-34(10-12-35)27(38)18-7-5-4-6-8-18/h4-8,13-15,29,31H,9-12,16-17H2,1-3H3,(H,30,36). The van der Waals surface area contributed by atoms with Gasteiger partial charge in [-0.25, -0.2) is 0 Å². The second-order valence-corrected chi connectivity index (χ2v) is 11.0. The summed E-state index contributed by atoms with van der Waals surface area (Å²) in [6.07, 6.45) is 5.00. The second-order valence-electron chi connectivity index (χ2n) is 9.84. The van der Waals surface area contributed by atoms with Crippen LogP contribution in [0.2, 0.25) is 0 Å². The molecule has 1 unspecified atom stereocenters. The van der Waals surface area contributed by atoms with Crippen molar-refractivity contribution in [2.45, 2.75) is 5.37 Å². The Morgan fingerprint density at radius 1 is 1.10 bits per heavy atom. The number of Topliss-reactive ketones (excluding diaryl/α,β-unsaturated/α-hetero) is 1. The molecule has 4 heterocycles. The summed E-state index contributed by atoms with van der Waals surface area (Å²) in [6, 6.07) is 8.99. The first-order valence-electron chi connectivity index (χ1n) is 13.4. The number of benzene rings is 1. The van der Waals surface area contributed by atoms with E-state index in [2.05, 4.69) is 15.3 Å². The monoisotopic (exact) mass is 592 g/mol. The Bertz CT molecular complexity index is 1530. The fourth-order valence-electron chi connectivity index (χ4n) is 4.98. The van der Waals surface area contributed by atoms with Gasteiger partial charge < -0.3 is 34.5 Å². The molecule has 0 saturated carbocycles. The SMILES string of the molecule is CNC(=O)COCC1=CN(C)C(c2ncc(OC)c3c(C(=O)C(=O)N4CCN(C(=O)c5ccccc5)CC4)c[nH]c23)S1. The fraction of sp³-hybridized carbons (Fsp3) is 0.345. The van der Waals surface area contributed by atoms with Gasteiger partial charge in [0, 0.05) is 63.1 Å². The fourth-order valence-corrected chi connectivity index (χ4v) is 6.17. The number of ether oxygens (including phenoxy) is 2. The Morgan fingerprint density at radius 3 is 2.50 bits per heavy atom. The zero-order valence-corrected chi connectivity index (χ0v) is 24.4. The first kappa shape index (κ1) is 29.1. The van der Waals surface area contributed by atoms with E-state index in [0.717, 1.165) is 4.91 Å². The Labute approximate surface area is 247 Å². The summed E-state index contributed by atoms with van der Waals surface area (Å²) in [5.41, 5.74) is 2.05. The van der Waals surface area contributed by atoms with Crippen LogP contribution in [0, 0.1) is 0 Å². The summed E-state index contributed by atoms with van der Waals surface area (Å²) in [7, 11) is 4.95. The van der Waals surface area contributed by atoms with Crippen LogP contribution in [-0.4, -0.2) is 109 Å². The molecule has 2 aliphatic heterocycles. The summed E-state index contributed by atoms with van der Waals surface area (Å²) in [4.78, 5) is 65.0. The van der Waals surface area contributed by atoms with Gasteiger partial charge in [-0.15, -0.1) is 0 Å². The first-order valence-corrected chi connectivity index (χ1v) is 14.3.